The molecule has 0 bridgehead atoms. The van der Waals surface area contributed by atoms with Crippen LogP contribution in [0.5, 0.6) is 0 Å². The highest BCUT2D eigenvalue weighted by Crippen LogP contribution is 2.24. The number of aliphatic hydroxyl groups excluding tert-OH is 1. The summed E-state index contributed by atoms with van der Waals surface area (Å²) in [5.74, 6) is -0.443. The van der Waals surface area contributed by atoms with Gasteiger partial charge in [0.05, 0.1) is 30.0 Å². The molecule has 0 aliphatic rings. The lowest BCUT2D eigenvalue weighted by Gasteiger charge is -2.14. The van der Waals surface area contributed by atoms with Crippen LogP contribution < -0.4 is 0 Å². The molecular formula is C28H24ClNO3. The molecule has 33 heavy (non-hydrogen) atoms. The molecule has 4 aromatic rings. The van der Waals surface area contributed by atoms with E-state index in [1.165, 1.54) is 7.11 Å². The van der Waals surface area contributed by atoms with Gasteiger partial charge in [-0.05, 0) is 59.9 Å². The van der Waals surface area contributed by atoms with Crippen LogP contribution in [-0.2, 0) is 11.2 Å². The summed E-state index contributed by atoms with van der Waals surface area (Å²) in [6.45, 7) is 0. The summed E-state index contributed by atoms with van der Waals surface area (Å²) in [4.78, 5) is 16.6. The number of hydrogen-bond acceptors (Lipinski definition) is 4. The first kappa shape index (κ1) is 22.7. The molecule has 0 saturated carbocycles. The second-order valence-corrected chi connectivity index (χ2v) is 8.22. The Morgan fingerprint density at radius 1 is 1.03 bits per heavy atom. The number of halogens is 1. The Labute approximate surface area is 198 Å². The number of rotatable bonds is 7. The number of pyridine rings is 1. The molecule has 0 spiro atoms. The second-order valence-electron chi connectivity index (χ2n) is 7.78. The summed E-state index contributed by atoms with van der Waals surface area (Å²) in [6, 6.07) is 24.8. The fourth-order valence-corrected chi connectivity index (χ4v) is 3.94. The summed E-state index contributed by atoms with van der Waals surface area (Å²) < 4.78 is 4.83. The zero-order valence-corrected chi connectivity index (χ0v) is 19.0. The number of esters is 1. The minimum absolute atomic E-state index is 0.397. The summed E-state index contributed by atoms with van der Waals surface area (Å²) in [5.41, 5.74) is 4.84. The predicted octanol–water partition coefficient (Wildman–Crippen LogP) is 6.51. The number of benzene rings is 3. The number of aliphatic hydroxyl groups is 1. The van der Waals surface area contributed by atoms with Crippen LogP contribution in [0.3, 0.4) is 0 Å². The number of carbonyl (C=O) groups excluding carboxylic acids is 1. The molecule has 0 amide bonds. The Kier molecular flexibility index (Phi) is 7.18. The first-order chi connectivity index (χ1) is 16.0. The molecule has 1 unspecified atom stereocenters. The van der Waals surface area contributed by atoms with Gasteiger partial charge in [-0.3, -0.25) is 0 Å². The van der Waals surface area contributed by atoms with E-state index in [-0.39, 0.29) is 0 Å². The van der Waals surface area contributed by atoms with Crippen molar-refractivity contribution >= 4 is 40.6 Å². The zero-order valence-electron chi connectivity index (χ0n) is 18.2. The van der Waals surface area contributed by atoms with E-state index in [4.69, 9.17) is 16.3 Å². The number of aryl methyl sites for hydroxylation is 1. The molecule has 5 heteroatoms. The topological polar surface area (TPSA) is 59.4 Å². The van der Waals surface area contributed by atoms with Gasteiger partial charge in [-0.25, -0.2) is 9.78 Å². The highest BCUT2D eigenvalue weighted by molar-refractivity contribution is 6.31. The minimum Gasteiger partial charge on any atom is -0.465 e. The number of methoxy groups -OCH3 is 1. The smallest absolute Gasteiger partial charge is 0.338 e. The van der Waals surface area contributed by atoms with Gasteiger partial charge in [0, 0.05) is 10.4 Å². The fourth-order valence-electron chi connectivity index (χ4n) is 3.78. The van der Waals surface area contributed by atoms with Crippen LogP contribution in [-0.4, -0.2) is 23.2 Å². The maximum absolute atomic E-state index is 12.0. The number of carbonyl (C=O) groups is 1. The van der Waals surface area contributed by atoms with Crippen molar-refractivity contribution in [1.82, 2.24) is 4.98 Å². The van der Waals surface area contributed by atoms with E-state index in [9.17, 15) is 9.90 Å². The molecule has 3 aromatic carbocycles. The highest BCUT2D eigenvalue weighted by atomic mass is 35.5. The maximum Gasteiger partial charge on any atom is 0.338 e. The lowest BCUT2D eigenvalue weighted by atomic mass is 9.96. The number of hydrogen-bond donors (Lipinski definition) is 1. The van der Waals surface area contributed by atoms with E-state index in [0.717, 1.165) is 27.7 Å². The van der Waals surface area contributed by atoms with Gasteiger partial charge in [0.15, 0.2) is 0 Å². The molecule has 4 nitrogen and oxygen atoms in total. The fraction of sp³-hybridized carbons (Fsp3) is 0.143. The van der Waals surface area contributed by atoms with E-state index in [2.05, 4.69) is 11.1 Å². The van der Waals surface area contributed by atoms with Gasteiger partial charge in [0.25, 0.3) is 0 Å². The van der Waals surface area contributed by atoms with Crippen LogP contribution in [0.4, 0.5) is 0 Å². The van der Waals surface area contributed by atoms with E-state index >= 15 is 0 Å². The minimum atomic E-state index is -0.756. The third kappa shape index (κ3) is 5.67. The van der Waals surface area contributed by atoms with E-state index < -0.39 is 12.1 Å². The SMILES string of the molecule is COC(=O)c1ccccc1C(O)CCc1cccc(C=Cc2ccc3ccc(Cl)cc3n2)c1. The Bertz CT molecular complexity index is 1320. The largest absolute Gasteiger partial charge is 0.465 e. The molecular weight excluding hydrogens is 434 g/mol. The van der Waals surface area contributed by atoms with Crippen molar-refractivity contribution in [2.45, 2.75) is 18.9 Å². The third-order valence-electron chi connectivity index (χ3n) is 5.50. The quantitative estimate of drug-likeness (QED) is 0.321. The van der Waals surface area contributed by atoms with Gasteiger partial charge in [0.2, 0.25) is 0 Å². The van der Waals surface area contributed by atoms with Gasteiger partial charge < -0.3 is 9.84 Å². The molecule has 0 saturated heterocycles. The number of fused-ring (bicyclic) bond motifs is 1. The van der Waals surface area contributed by atoms with Gasteiger partial charge in [-0.15, -0.1) is 0 Å². The summed E-state index contributed by atoms with van der Waals surface area (Å²) >= 11 is 6.09. The van der Waals surface area contributed by atoms with Gasteiger partial charge in [0.1, 0.15) is 0 Å². The third-order valence-corrected chi connectivity index (χ3v) is 5.74. The number of nitrogens with zero attached hydrogens (tertiary/aromatic N) is 1. The summed E-state index contributed by atoms with van der Waals surface area (Å²) in [6.07, 6.45) is 4.40. The van der Waals surface area contributed by atoms with Gasteiger partial charge in [-0.2, -0.15) is 0 Å². The molecule has 1 N–H and O–H groups in total. The van der Waals surface area contributed by atoms with Crippen LogP contribution >= 0.6 is 11.6 Å². The molecule has 0 aliphatic carbocycles. The first-order valence-electron chi connectivity index (χ1n) is 10.7. The van der Waals surface area contributed by atoms with Crippen LogP contribution in [0, 0.1) is 0 Å². The van der Waals surface area contributed by atoms with Crippen LogP contribution in [0.25, 0.3) is 23.1 Å². The summed E-state index contributed by atoms with van der Waals surface area (Å²) in [5, 5.41) is 12.4. The van der Waals surface area contributed by atoms with Crippen LogP contribution in [0.2, 0.25) is 5.02 Å². The van der Waals surface area contributed by atoms with Crippen molar-refractivity contribution < 1.29 is 14.6 Å². The summed E-state index contributed by atoms with van der Waals surface area (Å²) in [7, 11) is 1.34. The Hall–Kier alpha value is -3.47. The first-order valence-corrected chi connectivity index (χ1v) is 11.1. The molecule has 0 aliphatic heterocycles. The molecule has 1 atom stereocenters. The Balaban J connectivity index is 1.45. The lowest BCUT2D eigenvalue weighted by molar-refractivity contribution is 0.0592. The van der Waals surface area contributed by atoms with E-state index in [1.54, 1.807) is 18.2 Å². The monoisotopic (exact) mass is 457 g/mol. The molecule has 0 fully saturated rings. The number of ether oxygens (including phenoxy) is 1. The average molecular weight is 458 g/mol. The maximum atomic E-state index is 12.0. The predicted molar refractivity (Wildman–Crippen MR) is 133 cm³/mol. The number of aromatic nitrogens is 1. The Morgan fingerprint density at radius 2 is 1.85 bits per heavy atom. The molecule has 166 valence electrons. The Morgan fingerprint density at radius 3 is 2.70 bits per heavy atom. The van der Waals surface area contributed by atoms with Crippen molar-refractivity contribution in [2.75, 3.05) is 7.11 Å². The highest BCUT2D eigenvalue weighted by Gasteiger charge is 2.17. The molecule has 1 aromatic heterocycles. The van der Waals surface area contributed by atoms with E-state index in [1.807, 2.05) is 66.7 Å². The van der Waals surface area contributed by atoms with Crippen molar-refractivity contribution in [2.24, 2.45) is 0 Å². The van der Waals surface area contributed by atoms with Crippen LogP contribution in [0.1, 0.15) is 45.3 Å². The zero-order chi connectivity index (χ0) is 23.2. The molecule has 1 heterocycles. The molecule has 0 radical (unpaired) electrons. The molecule has 4 rings (SSSR count). The van der Waals surface area contributed by atoms with Gasteiger partial charge in [-0.1, -0.05) is 72.3 Å². The average Bonchev–Trinajstić information content (AvgIpc) is 2.85. The standard InChI is InChI=1S/C28H24ClNO3/c1-33-28(32)25-8-3-2-7-24(25)27(31)16-10-20-6-4-5-19(17-20)9-14-23-15-12-21-11-13-22(29)18-26(21)30-23/h2-9,11-15,17-18,27,31H,10,16H2,1H3. The lowest BCUT2D eigenvalue weighted by Crippen LogP contribution is -2.09. The van der Waals surface area contributed by atoms with Crippen molar-refractivity contribution in [3.63, 3.8) is 0 Å². The van der Waals surface area contributed by atoms with Gasteiger partial charge >= 0.3 is 5.97 Å². The van der Waals surface area contributed by atoms with Crippen LogP contribution in [0.15, 0.2) is 78.9 Å². The normalized spacial score (nSPS) is 12.2. The second kappa shape index (κ2) is 10.4. The van der Waals surface area contributed by atoms with E-state index in [0.29, 0.717) is 29.0 Å². The van der Waals surface area contributed by atoms with Crippen molar-refractivity contribution in [1.29, 1.82) is 0 Å². The van der Waals surface area contributed by atoms with Crippen molar-refractivity contribution in [3.8, 4) is 0 Å². The van der Waals surface area contributed by atoms with Crippen molar-refractivity contribution in [3.05, 3.63) is 112 Å².